The van der Waals surface area contributed by atoms with Gasteiger partial charge in [0.2, 0.25) is 0 Å². The van der Waals surface area contributed by atoms with Crippen LogP contribution in [0.5, 0.6) is 11.5 Å². The molecule has 0 unspecified atom stereocenters. The Kier molecular flexibility index (Phi) is 3.50. The first-order valence-electron chi connectivity index (χ1n) is 8.06. The average molecular weight is 318 g/mol. The van der Waals surface area contributed by atoms with Crippen molar-refractivity contribution in [3.8, 4) is 11.5 Å². The van der Waals surface area contributed by atoms with Gasteiger partial charge >= 0.3 is 0 Å². The molecule has 1 spiro atoms. The summed E-state index contributed by atoms with van der Waals surface area (Å²) < 4.78 is 28.8. The lowest BCUT2D eigenvalue weighted by molar-refractivity contribution is -0.198. The van der Waals surface area contributed by atoms with Gasteiger partial charge in [0.1, 0.15) is 6.10 Å². The van der Waals surface area contributed by atoms with Gasteiger partial charge in [-0.25, -0.2) is 0 Å². The van der Waals surface area contributed by atoms with Crippen molar-refractivity contribution >= 4 is 0 Å². The lowest BCUT2D eigenvalue weighted by Crippen LogP contribution is -2.50. The van der Waals surface area contributed by atoms with Crippen LogP contribution in [0.4, 0.5) is 0 Å². The van der Waals surface area contributed by atoms with Crippen LogP contribution in [0.3, 0.4) is 0 Å². The van der Waals surface area contributed by atoms with E-state index in [4.69, 9.17) is 23.7 Å². The van der Waals surface area contributed by atoms with E-state index in [1.165, 1.54) is 0 Å². The molecular weight excluding hydrogens is 296 g/mol. The molecule has 5 nitrogen and oxygen atoms in total. The van der Waals surface area contributed by atoms with Gasteiger partial charge in [0.25, 0.3) is 0 Å². The molecule has 23 heavy (non-hydrogen) atoms. The smallest absolute Gasteiger partial charge is 0.172 e. The molecule has 2 atom stereocenters. The number of methoxy groups -OCH3 is 2. The zero-order valence-corrected chi connectivity index (χ0v) is 13.5. The van der Waals surface area contributed by atoms with Crippen LogP contribution in [0.25, 0.3) is 0 Å². The van der Waals surface area contributed by atoms with Crippen molar-refractivity contribution in [1.29, 1.82) is 0 Å². The maximum Gasteiger partial charge on any atom is 0.172 e. The molecule has 1 saturated heterocycles. The van der Waals surface area contributed by atoms with Gasteiger partial charge in [0.15, 0.2) is 17.3 Å². The maximum atomic E-state index is 6.33. The van der Waals surface area contributed by atoms with Crippen molar-refractivity contribution < 1.29 is 23.7 Å². The Labute approximate surface area is 136 Å². The third-order valence-electron chi connectivity index (χ3n) is 5.27. The third-order valence-corrected chi connectivity index (χ3v) is 5.27. The molecule has 5 heteroatoms. The zero-order valence-electron chi connectivity index (χ0n) is 13.5. The number of ether oxygens (including phenoxy) is 5. The van der Waals surface area contributed by atoms with Gasteiger partial charge in [-0.1, -0.05) is 12.1 Å². The van der Waals surface area contributed by atoms with Gasteiger partial charge in [-0.15, -0.1) is 0 Å². The second-order valence-electron chi connectivity index (χ2n) is 6.33. The monoisotopic (exact) mass is 318 g/mol. The molecular formula is C18H22O5. The molecule has 2 fully saturated rings. The normalized spacial score (nSPS) is 31.0. The standard InChI is InChI=1S/C18H22O5/c1-19-9-8-17-6-7-18(21-10-11-22-18)12-15(17)23-16-13(17)4-3-5-14(16)20-2/h3-5,8-9,15H,6-7,10-12H2,1-2H3/b9-8+/t15-,17+/m0/s1. The summed E-state index contributed by atoms with van der Waals surface area (Å²) in [7, 11) is 3.33. The van der Waals surface area contributed by atoms with E-state index in [-0.39, 0.29) is 11.5 Å². The Morgan fingerprint density at radius 3 is 2.74 bits per heavy atom. The van der Waals surface area contributed by atoms with Crippen LogP contribution in [-0.4, -0.2) is 39.3 Å². The number of hydrogen-bond donors (Lipinski definition) is 0. The van der Waals surface area contributed by atoms with Crippen molar-refractivity contribution in [2.75, 3.05) is 27.4 Å². The van der Waals surface area contributed by atoms with Gasteiger partial charge in [-0.2, -0.15) is 0 Å². The Balaban J connectivity index is 1.77. The zero-order chi connectivity index (χ0) is 15.9. The van der Waals surface area contributed by atoms with E-state index in [9.17, 15) is 0 Å². The Morgan fingerprint density at radius 2 is 2.00 bits per heavy atom. The molecule has 1 aliphatic carbocycles. The Bertz CT molecular complexity index is 620. The summed E-state index contributed by atoms with van der Waals surface area (Å²) in [6, 6.07) is 6.06. The van der Waals surface area contributed by atoms with Crippen LogP contribution in [-0.2, 0) is 19.6 Å². The predicted octanol–water partition coefficient (Wildman–Crippen LogP) is 2.78. The van der Waals surface area contributed by atoms with E-state index in [0.29, 0.717) is 19.6 Å². The van der Waals surface area contributed by atoms with E-state index in [1.54, 1.807) is 20.5 Å². The fourth-order valence-corrected chi connectivity index (χ4v) is 4.12. The van der Waals surface area contributed by atoms with Crippen molar-refractivity contribution in [2.45, 2.75) is 36.6 Å². The van der Waals surface area contributed by atoms with Crippen LogP contribution >= 0.6 is 0 Å². The molecule has 1 aromatic carbocycles. The van der Waals surface area contributed by atoms with Crippen LogP contribution in [0.1, 0.15) is 24.8 Å². The minimum absolute atomic E-state index is 0.0490. The fraction of sp³-hybridized carbons (Fsp3) is 0.556. The first-order chi connectivity index (χ1) is 11.2. The molecule has 0 bridgehead atoms. The van der Waals surface area contributed by atoms with E-state index < -0.39 is 5.79 Å². The number of rotatable bonds is 3. The predicted molar refractivity (Wildman–Crippen MR) is 83.7 cm³/mol. The van der Waals surface area contributed by atoms with Crippen molar-refractivity contribution in [3.05, 3.63) is 36.1 Å². The van der Waals surface area contributed by atoms with Gasteiger partial charge in [-0.3, -0.25) is 0 Å². The highest BCUT2D eigenvalue weighted by molar-refractivity contribution is 5.56. The summed E-state index contributed by atoms with van der Waals surface area (Å²) in [6.07, 6.45) is 6.25. The van der Waals surface area contributed by atoms with Crippen molar-refractivity contribution in [1.82, 2.24) is 0 Å². The van der Waals surface area contributed by atoms with Crippen molar-refractivity contribution in [2.24, 2.45) is 0 Å². The molecule has 4 rings (SSSR count). The third kappa shape index (κ3) is 2.14. The van der Waals surface area contributed by atoms with E-state index in [1.807, 2.05) is 12.1 Å². The fourth-order valence-electron chi connectivity index (χ4n) is 4.12. The van der Waals surface area contributed by atoms with E-state index in [2.05, 4.69) is 12.1 Å². The number of para-hydroxylation sites is 1. The first-order valence-corrected chi connectivity index (χ1v) is 8.06. The first kappa shape index (κ1) is 14.8. The molecule has 1 aromatic rings. The molecule has 2 aliphatic heterocycles. The lowest BCUT2D eigenvalue weighted by Gasteiger charge is -2.43. The van der Waals surface area contributed by atoms with Gasteiger partial charge in [-0.05, 0) is 18.6 Å². The minimum atomic E-state index is -0.496. The highest BCUT2D eigenvalue weighted by Crippen LogP contribution is 2.57. The largest absolute Gasteiger partial charge is 0.505 e. The quantitative estimate of drug-likeness (QED) is 0.802. The summed E-state index contributed by atoms with van der Waals surface area (Å²) in [5.74, 6) is 1.10. The molecule has 0 amide bonds. The Hall–Kier alpha value is -1.72. The van der Waals surface area contributed by atoms with Crippen LogP contribution in [0, 0.1) is 0 Å². The SMILES string of the molecule is CO/C=C/[C@@]12CCC3(C[C@@H]1Oc1c(OC)cccc12)OCCO3. The Morgan fingerprint density at radius 1 is 1.17 bits per heavy atom. The second kappa shape index (κ2) is 5.42. The molecule has 3 aliphatic rings. The summed E-state index contributed by atoms with van der Waals surface area (Å²) in [5.41, 5.74) is 0.934. The van der Waals surface area contributed by atoms with Gasteiger partial charge in [0.05, 0.1) is 39.1 Å². The summed E-state index contributed by atoms with van der Waals surface area (Å²) in [5, 5.41) is 0. The number of benzene rings is 1. The highest BCUT2D eigenvalue weighted by atomic mass is 16.7. The summed E-state index contributed by atoms with van der Waals surface area (Å²) >= 11 is 0. The molecule has 124 valence electrons. The number of hydrogen-bond acceptors (Lipinski definition) is 5. The van der Waals surface area contributed by atoms with Crippen LogP contribution < -0.4 is 9.47 Å². The molecule has 2 heterocycles. The second-order valence-corrected chi connectivity index (χ2v) is 6.33. The average Bonchev–Trinajstić information content (AvgIpc) is 3.16. The van der Waals surface area contributed by atoms with Crippen molar-refractivity contribution in [3.63, 3.8) is 0 Å². The van der Waals surface area contributed by atoms with Gasteiger partial charge in [0, 0.05) is 18.4 Å². The van der Waals surface area contributed by atoms with Gasteiger partial charge < -0.3 is 23.7 Å². The topological polar surface area (TPSA) is 46.2 Å². The molecule has 1 saturated carbocycles. The van der Waals surface area contributed by atoms with E-state index >= 15 is 0 Å². The molecule has 0 aromatic heterocycles. The lowest BCUT2D eigenvalue weighted by atomic mass is 9.67. The van der Waals surface area contributed by atoms with E-state index in [0.717, 1.165) is 29.9 Å². The summed E-state index contributed by atoms with van der Waals surface area (Å²) in [6.45, 7) is 1.31. The molecule has 0 N–H and O–H groups in total. The molecule has 0 radical (unpaired) electrons. The maximum absolute atomic E-state index is 6.33. The number of fused-ring (bicyclic) bond motifs is 3. The summed E-state index contributed by atoms with van der Waals surface area (Å²) in [4.78, 5) is 0. The minimum Gasteiger partial charge on any atom is -0.505 e. The van der Waals surface area contributed by atoms with Crippen LogP contribution in [0.2, 0.25) is 0 Å². The van der Waals surface area contributed by atoms with Crippen LogP contribution in [0.15, 0.2) is 30.5 Å². The highest BCUT2D eigenvalue weighted by Gasteiger charge is 2.57.